The fourth-order valence-electron chi connectivity index (χ4n) is 5.09. The van der Waals surface area contributed by atoms with Crippen LogP contribution in [0.15, 0.2) is 83.8 Å². The van der Waals surface area contributed by atoms with Gasteiger partial charge in [-0.15, -0.1) is 23.1 Å². The molecular weight excluding hydrogens is 669 g/mol. The number of nitrogens with one attached hydrogen (secondary N) is 2. The molecular formula is C35H34N4O8S2. The number of nitro groups is 1. The van der Waals surface area contributed by atoms with Gasteiger partial charge in [-0.2, -0.15) is 0 Å². The minimum absolute atomic E-state index is 0.121. The van der Waals surface area contributed by atoms with E-state index in [0.717, 1.165) is 10.4 Å². The van der Waals surface area contributed by atoms with Crippen molar-refractivity contribution < 1.29 is 33.6 Å². The summed E-state index contributed by atoms with van der Waals surface area (Å²) in [7, 11) is 1.28. The van der Waals surface area contributed by atoms with E-state index in [9.17, 15) is 29.3 Å². The standard InChI is InChI=1S/C35H34N4O8S2/c1-35(2,3)47-34(43)38-18-17-26-27(20-38)49-32(28(26)33(42)46-4)37-31(41)29(21-9-6-5-7-10-21)48-25-12-8-11-23(19-25)36-30(40)22-13-15-24(16-14-22)39(44)45/h5-16,19,29H,17-18,20H2,1-4H3,(H,36,40)(H,37,41). The number of benzene rings is 3. The molecule has 2 heterocycles. The van der Waals surface area contributed by atoms with Gasteiger partial charge in [0.05, 0.1) is 24.1 Å². The predicted octanol–water partition coefficient (Wildman–Crippen LogP) is 7.46. The van der Waals surface area contributed by atoms with Crippen LogP contribution in [0, 0.1) is 10.1 Å². The summed E-state index contributed by atoms with van der Waals surface area (Å²) in [5, 5.41) is 16.3. The fraction of sp³-hybridized carbons (Fsp3) is 0.257. The SMILES string of the molecule is COC(=O)c1c(NC(=O)C(Sc2cccc(NC(=O)c3ccc([N+](=O)[O-])cc3)c2)c2ccccc2)sc2c1CCN(C(=O)OC(C)(C)C)C2. The molecule has 254 valence electrons. The molecule has 1 unspecified atom stereocenters. The largest absolute Gasteiger partial charge is 0.465 e. The first-order valence-electron chi connectivity index (χ1n) is 15.2. The molecule has 1 aromatic heterocycles. The van der Waals surface area contributed by atoms with Gasteiger partial charge in [0, 0.05) is 39.7 Å². The molecule has 0 bridgehead atoms. The number of non-ortho nitro benzene ring substituents is 1. The van der Waals surface area contributed by atoms with Gasteiger partial charge < -0.3 is 25.0 Å². The van der Waals surface area contributed by atoms with Crippen LogP contribution >= 0.6 is 23.1 Å². The van der Waals surface area contributed by atoms with Crippen molar-refractivity contribution in [3.8, 4) is 0 Å². The van der Waals surface area contributed by atoms with Crippen LogP contribution in [0.5, 0.6) is 0 Å². The Labute approximate surface area is 290 Å². The lowest BCUT2D eigenvalue weighted by Gasteiger charge is -2.30. The van der Waals surface area contributed by atoms with Crippen LogP contribution < -0.4 is 10.6 Å². The van der Waals surface area contributed by atoms with Gasteiger partial charge in [0.15, 0.2) is 0 Å². The average Bonchev–Trinajstić information content (AvgIpc) is 3.43. The zero-order chi connectivity index (χ0) is 35.3. The number of nitrogens with zero attached hydrogens (tertiary/aromatic N) is 2. The van der Waals surface area contributed by atoms with Crippen LogP contribution in [0.3, 0.4) is 0 Å². The Balaban J connectivity index is 1.38. The first-order valence-corrected chi connectivity index (χ1v) is 16.9. The van der Waals surface area contributed by atoms with Gasteiger partial charge >= 0.3 is 12.1 Å². The van der Waals surface area contributed by atoms with Crippen LogP contribution in [-0.2, 0) is 27.2 Å². The van der Waals surface area contributed by atoms with E-state index in [0.29, 0.717) is 34.1 Å². The number of anilines is 2. The van der Waals surface area contributed by atoms with E-state index in [1.807, 2.05) is 36.4 Å². The number of esters is 1. The molecule has 3 aromatic carbocycles. The molecule has 0 radical (unpaired) electrons. The van der Waals surface area contributed by atoms with Crippen LogP contribution in [-0.4, -0.2) is 53.0 Å². The lowest BCUT2D eigenvalue weighted by Crippen LogP contribution is -2.39. The molecule has 0 fully saturated rings. The Kier molecular flexibility index (Phi) is 10.7. The maximum Gasteiger partial charge on any atom is 0.410 e. The van der Waals surface area contributed by atoms with Crippen LogP contribution in [0.25, 0.3) is 0 Å². The summed E-state index contributed by atoms with van der Waals surface area (Å²) < 4.78 is 10.6. The third kappa shape index (κ3) is 8.64. The van der Waals surface area contributed by atoms with Crippen molar-refractivity contribution in [2.45, 2.75) is 49.5 Å². The zero-order valence-corrected chi connectivity index (χ0v) is 28.8. The molecule has 1 atom stereocenters. The molecule has 0 spiro atoms. The van der Waals surface area contributed by atoms with Crippen molar-refractivity contribution in [3.05, 3.63) is 116 Å². The minimum Gasteiger partial charge on any atom is -0.465 e. The van der Waals surface area contributed by atoms with Crippen LogP contribution in [0.1, 0.15) is 62.7 Å². The van der Waals surface area contributed by atoms with Gasteiger partial charge in [-0.1, -0.05) is 36.4 Å². The lowest BCUT2D eigenvalue weighted by atomic mass is 10.0. The quantitative estimate of drug-likeness (QED) is 0.0782. The third-order valence-corrected chi connectivity index (χ3v) is 9.74. The molecule has 14 heteroatoms. The van der Waals surface area contributed by atoms with Gasteiger partial charge in [-0.05, 0) is 68.7 Å². The number of fused-ring (bicyclic) bond motifs is 1. The van der Waals surface area contributed by atoms with E-state index in [2.05, 4.69) is 10.6 Å². The highest BCUT2D eigenvalue weighted by molar-refractivity contribution is 8.00. The van der Waals surface area contributed by atoms with Gasteiger partial charge in [0.2, 0.25) is 5.91 Å². The number of hydrogen-bond donors (Lipinski definition) is 2. The Morgan fingerprint density at radius 1 is 0.980 bits per heavy atom. The summed E-state index contributed by atoms with van der Waals surface area (Å²) in [5.74, 6) is -1.42. The van der Waals surface area contributed by atoms with Crippen molar-refractivity contribution >= 4 is 63.4 Å². The highest BCUT2D eigenvalue weighted by Crippen LogP contribution is 2.41. The van der Waals surface area contributed by atoms with E-state index in [-0.39, 0.29) is 29.3 Å². The molecule has 1 aliphatic rings. The molecule has 0 saturated heterocycles. The minimum atomic E-state index is -0.760. The summed E-state index contributed by atoms with van der Waals surface area (Å²) >= 11 is 2.48. The lowest BCUT2D eigenvalue weighted by molar-refractivity contribution is -0.384. The van der Waals surface area contributed by atoms with E-state index in [1.165, 1.54) is 54.5 Å². The number of methoxy groups -OCH3 is 1. The first kappa shape index (κ1) is 35.1. The second-order valence-electron chi connectivity index (χ2n) is 12.0. The van der Waals surface area contributed by atoms with Crippen molar-refractivity contribution in [2.24, 2.45) is 0 Å². The highest BCUT2D eigenvalue weighted by Gasteiger charge is 2.33. The summed E-state index contributed by atoms with van der Waals surface area (Å²) in [6, 6.07) is 21.4. The molecule has 0 aliphatic carbocycles. The van der Waals surface area contributed by atoms with Crippen molar-refractivity contribution in [3.63, 3.8) is 0 Å². The summed E-state index contributed by atoms with van der Waals surface area (Å²) in [6.45, 7) is 5.96. The number of amides is 3. The Morgan fingerprint density at radius 2 is 1.69 bits per heavy atom. The van der Waals surface area contributed by atoms with Crippen molar-refractivity contribution in [1.82, 2.24) is 4.90 Å². The summed E-state index contributed by atoms with van der Waals surface area (Å²) in [5.41, 5.74) is 1.64. The molecule has 2 N–H and O–H groups in total. The zero-order valence-electron chi connectivity index (χ0n) is 27.2. The number of rotatable bonds is 9. The number of ether oxygens (including phenoxy) is 2. The molecule has 0 saturated carbocycles. The molecule has 1 aliphatic heterocycles. The van der Waals surface area contributed by atoms with Gasteiger partial charge in [-0.25, -0.2) is 9.59 Å². The van der Waals surface area contributed by atoms with E-state index < -0.39 is 33.7 Å². The van der Waals surface area contributed by atoms with Gasteiger partial charge in [0.1, 0.15) is 15.9 Å². The maximum absolute atomic E-state index is 14.1. The smallest absolute Gasteiger partial charge is 0.410 e. The number of nitro benzene ring substituents is 1. The molecule has 12 nitrogen and oxygen atoms in total. The average molecular weight is 703 g/mol. The predicted molar refractivity (Wildman–Crippen MR) is 187 cm³/mol. The second-order valence-corrected chi connectivity index (χ2v) is 14.3. The van der Waals surface area contributed by atoms with E-state index in [4.69, 9.17) is 9.47 Å². The molecule has 3 amide bonds. The fourth-order valence-corrected chi connectivity index (χ4v) is 7.43. The number of thiophene rings is 1. The maximum atomic E-state index is 14.1. The summed E-state index contributed by atoms with van der Waals surface area (Å²) in [4.78, 5) is 66.2. The third-order valence-electron chi connectivity index (χ3n) is 7.36. The summed E-state index contributed by atoms with van der Waals surface area (Å²) in [6.07, 6.45) is -0.0656. The first-order chi connectivity index (χ1) is 23.3. The molecule has 5 rings (SSSR count). The van der Waals surface area contributed by atoms with Gasteiger partial charge in [-0.3, -0.25) is 19.7 Å². The highest BCUT2D eigenvalue weighted by atomic mass is 32.2. The van der Waals surface area contributed by atoms with Crippen LogP contribution in [0.2, 0.25) is 0 Å². The second kappa shape index (κ2) is 14.9. The Hall–Kier alpha value is -5.21. The van der Waals surface area contributed by atoms with Crippen LogP contribution in [0.4, 0.5) is 21.2 Å². The Morgan fingerprint density at radius 3 is 2.35 bits per heavy atom. The monoisotopic (exact) mass is 702 g/mol. The number of hydrogen-bond acceptors (Lipinski definition) is 10. The van der Waals surface area contributed by atoms with E-state index in [1.54, 1.807) is 43.9 Å². The Bertz CT molecular complexity index is 1890. The van der Waals surface area contributed by atoms with Gasteiger partial charge in [0.25, 0.3) is 11.6 Å². The number of carbonyl (C=O) groups excluding carboxylic acids is 4. The topological polar surface area (TPSA) is 157 Å². The van der Waals surface area contributed by atoms with Crippen molar-refractivity contribution in [2.75, 3.05) is 24.3 Å². The molecule has 4 aromatic rings. The normalized spacial score (nSPS) is 13.1. The molecule has 49 heavy (non-hydrogen) atoms. The van der Waals surface area contributed by atoms with E-state index >= 15 is 0 Å². The van der Waals surface area contributed by atoms with Crippen molar-refractivity contribution in [1.29, 1.82) is 0 Å². The number of carbonyl (C=O) groups is 4. The number of thioether (sulfide) groups is 1.